The Labute approximate surface area is 110 Å². The minimum absolute atomic E-state index is 0. The van der Waals surface area contributed by atoms with Gasteiger partial charge in [0.1, 0.15) is 0 Å². The second-order valence-corrected chi connectivity index (χ2v) is 3.27. The molecule has 0 fully saturated rings. The number of carboxylic acid groups (broad SMARTS) is 1. The molecule has 0 saturated carbocycles. The number of rotatable bonds is 2. The summed E-state index contributed by atoms with van der Waals surface area (Å²) in [7, 11) is 0. The Morgan fingerprint density at radius 2 is 1.88 bits per heavy atom. The number of carbonyl (C=O) groups is 1. The Balaban J connectivity index is 0.00000144. The maximum atomic E-state index is 10.9. The smallest absolute Gasteiger partial charge is 0.543 e. The molecule has 2 aromatic heterocycles. The monoisotopic (exact) mass is 221 g/mol. The average Bonchev–Trinajstić information content (AvgIpc) is 2.29. The van der Waals surface area contributed by atoms with Gasteiger partial charge in [0.2, 0.25) is 0 Å². The topological polar surface area (TPSA) is 78.8 Å². The molecule has 0 unspecified atom stereocenters. The zero-order valence-electron chi connectivity index (χ0n) is 9.54. The summed E-state index contributed by atoms with van der Waals surface area (Å²) in [4.78, 5) is 22.7. The van der Waals surface area contributed by atoms with Crippen LogP contribution in [0, 0.1) is 6.92 Å². The van der Waals surface area contributed by atoms with Crippen LogP contribution in [-0.2, 0) is 0 Å². The van der Waals surface area contributed by atoms with E-state index in [2.05, 4.69) is 15.0 Å². The van der Waals surface area contributed by atoms with Crippen molar-refractivity contribution in [1.82, 2.24) is 15.0 Å². The van der Waals surface area contributed by atoms with E-state index in [9.17, 15) is 9.90 Å². The first-order chi connectivity index (χ1) is 7.68. The van der Waals surface area contributed by atoms with Crippen LogP contribution in [0.15, 0.2) is 30.7 Å². The molecule has 2 heterocycles. The number of carboxylic acids is 1. The molecule has 0 aliphatic heterocycles. The van der Waals surface area contributed by atoms with E-state index in [4.69, 9.17) is 0 Å². The van der Waals surface area contributed by atoms with Crippen LogP contribution in [-0.4, -0.2) is 20.9 Å². The first kappa shape index (κ1) is 13.4. The third-order valence-corrected chi connectivity index (χ3v) is 2.02. The quantitative estimate of drug-likeness (QED) is 0.512. The number of pyridine rings is 1. The minimum atomic E-state index is -1.33. The van der Waals surface area contributed by atoms with Crippen LogP contribution in [0.1, 0.15) is 16.1 Å². The number of nitrogens with zero attached hydrogens (tertiary/aromatic N) is 3. The summed E-state index contributed by atoms with van der Waals surface area (Å²) in [5, 5.41) is 10.9. The largest absolute Gasteiger partial charge is 1.00 e. The molecular formula is C11H8LiN3O2. The Hall–Kier alpha value is -1.70. The summed E-state index contributed by atoms with van der Waals surface area (Å²) in [6.07, 6.45) is 4.56. The van der Waals surface area contributed by atoms with Crippen molar-refractivity contribution in [2.75, 3.05) is 0 Å². The van der Waals surface area contributed by atoms with Crippen LogP contribution < -0.4 is 24.0 Å². The van der Waals surface area contributed by atoms with Gasteiger partial charge in [-0.2, -0.15) is 0 Å². The number of aryl methyl sites for hydroxylation is 1. The van der Waals surface area contributed by atoms with Gasteiger partial charge >= 0.3 is 18.9 Å². The van der Waals surface area contributed by atoms with Crippen molar-refractivity contribution in [3.8, 4) is 11.4 Å². The Bertz CT molecular complexity index is 531. The van der Waals surface area contributed by atoms with Gasteiger partial charge in [-0.3, -0.25) is 4.98 Å². The van der Waals surface area contributed by atoms with Crippen LogP contribution in [0.5, 0.6) is 0 Å². The molecule has 5 nitrogen and oxygen atoms in total. The van der Waals surface area contributed by atoms with E-state index in [1.165, 1.54) is 6.20 Å². The third kappa shape index (κ3) is 2.90. The fourth-order valence-electron chi connectivity index (χ4n) is 1.34. The number of hydrogen-bond acceptors (Lipinski definition) is 5. The van der Waals surface area contributed by atoms with Crippen molar-refractivity contribution >= 4 is 5.97 Å². The Morgan fingerprint density at radius 1 is 1.24 bits per heavy atom. The molecule has 0 radical (unpaired) electrons. The Kier molecular flexibility index (Phi) is 4.38. The molecule has 0 saturated heterocycles. The molecule has 2 aromatic rings. The zero-order chi connectivity index (χ0) is 11.5. The summed E-state index contributed by atoms with van der Waals surface area (Å²) in [5.41, 5.74) is 1.07. The summed E-state index contributed by atoms with van der Waals surface area (Å²) in [5.74, 6) is -1.000. The van der Waals surface area contributed by atoms with Crippen molar-refractivity contribution in [3.63, 3.8) is 0 Å². The van der Waals surface area contributed by atoms with E-state index in [-0.39, 0.29) is 24.6 Å². The standard InChI is InChI=1S/C11H9N3O2.Li/c1-7-5-8(9(11(15)16)14-6-7)10-12-3-2-4-13-10;/h2-6H,1H3,(H,15,16);/q;+1/p-1. The summed E-state index contributed by atoms with van der Waals surface area (Å²) in [6.45, 7) is 1.82. The van der Waals surface area contributed by atoms with E-state index in [1.54, 1.807) is 24.5 Å². The van der Waals surface area contributed by atoms with Gasteiger partial charge in [0.15, 0.2) is 5.82 Å². The van der Waals surface area contributed by atoms with E-state index >= 15 is 0 Å². The van der Waals surface area contributed by atoms with Crippen LogP contribution in [0.3, 0.4) is 0 Å². The average molecular weight is 221 g/mol. The van der Waals surface area contributed by atoms with Gasteiger partial charge in [-0.15, -0.1) is 0 Å². The van der Waals surface area contributed by atoms with E-state index in [0.717, 1.165) is 5.56 Å². The van der Waals surface area contributed by atoms with E-state index < -0.39 is 5.97 Å². The fraction of sp³-hybridized carbons (Fsp3) is 0.0909. The first-order valence-corrected chi connectivity index (χ1v) is 4.64. The molecule has 80 valence electrons. The van der Waals surface area contributed by atoms with Gasteiger partial charge in [-0.25, -0.2) is 9.97 Å². The fourth-order valence-corrected chi connectivity index (χ4v) is 1.34. The van der Waals surface area contributed by atoms with Crippen LogP contribution >= 0.6 is 0 Å². The van der Waals surface area contributed by atoms with Crippen LogP contribution in [0.4, 0.5) is 0 Å². The molecule has 0 bridgehead atoms. The number of carbonyl (C=O) groups excluding carboxylic acids is 1. The van der Waals surface area contributed by atoms with Gasteiger partial charge in [0, 0.05) is 24.2 Å². The van der Waals surface area contributed by atoms with Crippen molar-refractivity contribution in [2.45, 2.75) is 6.92 Å². The van der Waals surface area contributed by atoms with E-state index in [1.807, 2.05) is 6.92 Å². The minimum Gasteiger partial charge on any atom is -0.543 e. The molecule has 6 heteroatoms. The van der Waals surface area contributed by atoms with Crippen molar-refractivity contribution in [2.24, 2.45) is 0 Å². The second-order valence-electron chi connectivity index (χ2n) is 3.27. The summed E-state index contributed by atoms with van der Waals surface area (Å²) >= 11 is 0. The van der Waals surface area contributed by atoms with Crippen LogP contribution in [0.25, 0.3) is 11.4 Å². The summed E-state index contributed by atoms with van der Waals surface area (Å²) in [6, 6.07) is 3.33. The summed E-state index contributed by atoms with van der Waals surface area (Å²) < 4.78 is 0. The molecule has 0 spiro atoms. The normalized spacial score (nSPS) is 9.47. The van der Waals surface area contributed by atoms with Gasteiger partial charge in [-0.05, 0) is 24.6 Å². The van der Waals surface area contributed by atoms with Crippen molar-refractivity contribution in [1.29, 1.82) is 0 Å². The van der Waals surface area contributed by atoms with Crippen molar-refractivity contribution in [3.05, 3.63) is 42.0 Å². The molecule has 2 rings (SSSR count). The predicted octanol–water partition coefficient (Wildman–Crippen LogP) is -2.79. The SMILES string of the molecule is Cc1cnc(C(=O)[O-])c(-c2ncccn2)c1.[Li+]. The van der Waals surface area contributed by atoms with Gasteiger partial charge in [0.25, 0.3) is 0 Å². The van der Waals surface area contributed by atoms with Gasteiger partial charge in [0.05, 0.1) is 11.7 Å². The maximum absolute atomic E-state index is 10.9. The van der Waals surface area contributed by atoms with Gasteiger partial charge < -0.3 is 9.90 Å². The number of aromatic carboxylic acids is 1. The second kappa shape index (κ2) is 5.57. The molecule has 0 atom stereocenters. The predicted molar refractivity (Wildman–Crippen MR) is 54.3 cm³/mol. The molecular weight excluding hydrogens is 213 g/mol. The number of aromatic nitrogens is 3. The molecule has 17 heavy (non-hydrogen) atoms. The molecule has 0 amide bonds. The third-order valence-electron chi connectivity index (χ3n) is 2.02. The number of hydrogen-bond donors (Lipinski definition) is 0. The molecule has 0 aromatic carbocycles. The molecule has 0 aliphatic carbocycles. The van der Waals surface area contributed by atoms with E-state index in [0.29, 0.717) is 11.4 Å². The molecule has 0 N–H and O–H groups in total. The Morgan fingerprint density at radius 3 is 2.47 bits per heavy atom. The van der Waals surface area contributed by atoms with Crippen molar-refractivity contribution < 1.29 is 28.8 Å². The maximum Gasteiger partial charge on any atom is 1.00 e. The zero-order valence-corrected chi connectivity index (χ0v) is 9.54. The van der Waals surface area contributed by atoms with Gasteiger partial charge in [-0.1, -0.05) is 0 Å². The molecule has 0 aliphatic rings. The first-order valence-electron chi connectivity index (χ1n) is 4.64. The van der Waals surface area contributed by atoms with Crippen LogP contribution in [0.2, 0.25) is 0 Å².